The number of para-hydroxylation sites is 1. The number of nitrogens with one attached hydrogen (secondary N) is 1. The summed E-state index contributed by atoms with van der Waals surface area (Å²) in [5, 5.41) is 6.59. The second kappa shape index (κ2) is 16.2. The molecule has 3 N–H and O–H groups in total. The summed E-state index contributed by atoms with van der Waals surface area (Å²) in [4.78, 5) is 39.8. The van der Waals surface area contributed by atoms with Gasteiger partial charge in [-0.2, -0.15) is 0 Å². The lowest BCUT2D eigenvalue weighted by Gasteiger charge is -2.37. The van der Waals surface area contributed by atoms with Crippen molar-refractivity contribution in [2.24, 2.45) is 11.7 Å². The molecule has 237 valence electrons. The quantitative estimate of drug-likeness (QED) is 0.281. The number of hydrazine groups is 1. The lowest BCUT2D eigenvalue weighted by molar-refractivity contribution is -0.123. The zero-order valence-corrected chi connectivity index (χ0v) is 25.9. The molecular weight excluding hydrogens is 566 g/mol. The number of primary amides is 1. The van der Waals surface area contributed by atoms with E-state index in [4.69, 9.17) is 10.5 Å². The molecule has 2 aliphatic rings. The minimum atomic E-state index is -0.452. The molecule has 45 heavy (non-hydrogen) atoms. The number of hydrogen-bond acceptors (Lipinski definition) is 6. The van der Waals surface area contributed by atoms with Crippen LogP contribution in [0.4, 0.5) is 10.5 Å². The van der Waals surface area contributed by atoms with E-state index in [2.05, 4.69) is 40.9 Å². The number of carbonyl (C=O) groups is 3. The monoisotopic (exact) mass is 610 g/mol. The highest BCUT2D eigenvalue weighted by Crippen LogP contribution is 2.33. The van der Waals surface area contributed by atoms with Crippen molar-refractivity contribution in [3.05, 3.63) is 96.4 Å². The van der Waals surface area contributed by atoms with E-state index in [1.165, 1.54) is 5.56 Å². The van der Waals surface area contributed by atoms with Gasteiger partial charge >= 0.3 is 6.09 Å². The Kier molecular flexibility index (Phi) is 11.6. The van der Waals surface area contributed by atoms with Gasteiger partial charge in [0.1, 0.15) is 6.61 Å². The van der Waals surface area contributed by atoms with E-state index in [0.717, 1.165) is 80.8 Å². The molecule has 0 saturated carbocycles. The Morgan fingerprint density at radius 2 is 1.51 bits per heavy atom. The van der Waals surface area contributed by atoms with Gasteiger partial charge in [0.2, 0.25) is 11.8 Å². The van der Waals surface area contributed by atoms with Crippen molar-refractivity contribution < 1.29 is 19.1 Å². The molecule has 5 rings (SSSR count). The number of rotatable bonds is 12. The molecule has 0 aromatic heterocycles. The number of nitrogens with two attached hydrogens (primary N) is 1. The van der Waals surface area contributed by atoms with Crippen LogP contribution in [0.15, 0.2) is 78.9 Å². The molecule has 3 aromatic rings. The minimum absolute atomic E-state index is 0.00242. The van der Waals surface area contributed by atoms with Crippen LogP contribution in [-0.2, 0) is 27.3 Å². The number of ether oxygens (including phenoxy) is 1. The molecule has 2 heterocycles. The number of nitrogens with zero attached hydrogens (tertiary/aromatic N) is 3. The summed E-state index contributed by atoms with van der Waals surface area (Å²) in [5.74, 6) is -0.272. The second-order valence-electron chi connectivity index (χ2n) is 11.7. The lowest BCUT2D eigenvalue weighted by Crippen LogP contribution is -2.50. The van der Waals surface area contributed by atoms with Crippen LogP contribution in [-0.4, -0.2) is 67.1 Å². The molecule has 2 saturated heterocycles. The van der Waals surface area contributed by atoms with Crippen LogP contribution >= 0.6 is 0 Å². The van der Waals surface area contributed by atoms with E-state index >= 15 is 0 Å². The normalized spacial score (nSPS) is 16.2. The Labute approximate surface area is 266 Å². The molecule has 2 fully saturated rings. The van der Waals surface area contributed by atoms with Crippen LogP contribution in [0.5, 0.6) is 0 Å². The third kappa shape index (κ3) is 9.15. The molecular formula is C36H44N5O4. The highest BCUT2D eigenvalue weighted by molar-refractivity contribution is 5.93. The number of anilines is 1. The van der Waals surface area contributed by atoms with Crippen molar-refractivity contribution in [2.75, 3.05) is 44.3 Å². The number of likely N-dealkylation sites (tertiary alicyclic amines) is 1. The Morgan fingerprint density at radius 3 is 2.22 bits per heavy atom. The smallest absolute Gasteiger partial charge is 0.429 e. The van der Waals surface area contributed by atoms with Gasteiger partial charge in [0, 0.05) is 37.5 Å². The number of aryl methyl sites for hydroxylation is 1. The Bertz CT molecular complexity index is 1400. The maximum Gasteiger partial charge on any atom is 0.429 e. The number of carbonyl (C=O) groups excluding carboxylic acids is 3. The molecule has 0 unspecified atom stereocenters. The van der Waals surface area contributed by atoms with E-state index in [0.29, 0.717) is 12.8 Å². The summed E-state index contributed by atoms with van der Waals surface area (Å²) in [6.45, 7) is 4.38. The first kappa shape index (κ1) is 32.2. The number of hydrogen-bond donors (Lipinski definition) is 2. The van der Waals surface area contributed by atoms with E-state index in [9.17, 15) is 14.4 Å². The molecule has 1 radical (unpaired) electrons. The van der Waals surface area contributed by atoms with Crippen LogP contribution in [0.25, 0.3) is 11.1 Å². The fourth-order valence-corrected chi connectivity index (χ4v) is 6.00. The van der Waals surface area contributed by atoms with Crippen molar-refractivity contribution in [1.29, 1.82) is 0 Å². The lowest BCUT2D eigenvalue weighted by atomic mass is 9.96. The molecule has 3 amide bonds. The van der Waals surface area contributed by atoms with Crippen LogP contribution in [0.3, 0.4) is 0 Å². The van der Waals surface area contributed by atoms with Crippen LogP contribution in [0.2, 0.25) is 0 Å². The first-order valence-electron chi connectivity index (χ1n) is 16.0. The van der Waals surface area contributed by atoms with Gasteiger partial charge in [-0.3, -0.25) is 14.5 Å². The van der Waals surface area contributed by atoms with Gasteiger partial charge in [-0.1, -0.05) is 72.8 Å². The third-order valence-corrected chi connectivity index (χ3v) is 8.57. The van der Waals surface area contributed by atoms with E-state index in [-0.39, 0.29) is 30.9 Å². The minimum Gasteiger partial charge on any atom is -0.446 e. The average molecular weight is 611 g/mol. The van der Waals surface area contributed by atoms with Gasteiger partial charge in [0.05, 0.1) is 12.2 Å². The van der Waals surface area contributed by atoms with E-state index < -0.39 is 6.09 Å². The second-order valence-corrected chi connectivity index (χ2v) is 11.7. The number of amides is 3. The van der Waals surface area contributed by atoms with Gasteiger partial charge in [0.25, 0.3) is 0 Å². The highest BCUT2D eigenvalue weighted by atomic mass is 16.6. The van der Waals surface area contributed by atoms with Gasteiger partial charge in [-0.05, 0) is 74.4 Å². The molecule has 9 nitrogen and oxygen atoms in total. The van der Waals surface area contributed by atoms with E-state index in [1.807, 2.05) is 59.6 Å². The molecule has 3 aromatic carbocycles. The summed E-state index contributed by atoms with van der Waals surface area (Å²) in [7, 11) is 0. The summed E-state index contributed by atoms with van der Waals surface area (Å²) < 4.78 is 5.70. The zero-order chi connectivity index (χ0) is 31.4. The molecule has 0 spiro atoms. The summed E-state index contributed by atoms with van der Waals surface area (Å²) >= 11 is 0. The Morgan fingerprint density at radius 1 is 0.844 bits per heavy atom. The predicted molar refractivity (Wildman–Crippen MR) is 176 cm³/mol. The van der Waals surface area contributed by atoms with Crippen molar-refractivity contribution >= 4 is 23.6 Å². The molecule has 0 atom stereocenters. The Hall–Kier alpha value is -4.21. The van der Waals surface area contributed by atoms with Crippen LogP contribution in [0, 0.1) is 12.3 Å². The van der Waals surface area contributed by atoms with Crippen LogP contribution < -0.4 is 16.1 Å². The van der Waals surface area contributed by atoms with Crippen molar-refractivity contribution in [2.45, 2.75) is 45.1 Å². The fourth-order valence-electron chi connectivity index (χ4n) is 6.00. The van der Waals surface area contributed by atoms with Crippen molar-refractivity contribution in [3.63, 3.8) is 0 Å². The summed E-state index contributed by atoms with van der Waals surface area (Å²) in [6, 6.07) is 26.3. The molecule has 0 aliphatic carbocycles. The SMILES string of the molecule is NC(=O)C1CCN(Cc2ccc(CCC(=O)NCCOC(=O)N(c3ccccc3-c3ccccc3)N3CC[CH]CC3)cc2)CC1. The molecule has 0 bridgehead atoms. The van der Waals surface area contributed by atoms with Gasteiger partial charge in [-0.15, -0.1) is 0 Å². The van der Waals surface area contributed by atoms with Crippen molar-refractivity contribution in [3.8, 4) is 11.1 Å². The summed E-state index contributed by atoms with van der Waals surface area (Å²) in [6.07, 6.45) is 6.21. The number of benzene rings is 3. The first-order chi connectivity index (χ1) is 22.0. The Balaban J connectivity index is 1.07. The fraction of sp³-hybridized carbons (Fsp3) is 0.389. The van der Waals surface area contributed by atoms with E-state index in [1.54, 1.807) is 5.01 Å². The molecule has 2 aliphatic heterocycles. The summed E-state index contributed by atoms with van der Waals surface area (Å²) in [5.41, 5.74) is 10.5. The van der Waals surface area contributed by atoms with Gasteiger partial charge < -0.3 is 15.8 Å². The van der Waals surface area contributed by atoms with Crippen LogP contribution in [0.1, 0.15) is 43.2 Å². The third-order valence-electron chi connectivity index (χ3n) is 8.57. The highest BCUT2D eigenvalue weighted by Gasteiger charge is 2.28. The zero-order valence-electron chi connectivity index (χ0n) is 25.9. The largest absolute Gasteiger partial charge is 0.446 e. The van der Waals surface area contributed by atoms with Crippen molar-refractivity contribution in [1.82, 2.24) is 15.2 Å². The molecule has 9 heteroatoms. The number of piperidine rings is 2. The van der Waals surface area contributed by atoms with Gasteiger partial charge in [0.15, 0.2) is 0 Å². The maximum atomic E-state index is 13.5. The predicted octanol–water partition coefficient (Wildman–Crippen LogP) is 4.96. The topological polar surface area (TPSA) is 108 Å². The average Bonchev–Trinajstić information content (AvgIpc) is 3.08. The maximum absolute atomic E-state index is 13.5. The first-order valence-corrected chi connectivity index (χ1v) is 16.0. The van der Waals surface area contributed by atoms with Gasteiger partial charge in [-0.25, -0.2) is 14.8 Å². The standard InChI is InChI=1S/C36H44N5O4/c37-35(43)31-19-24-39(25-20-31)27-29-15-13-28(14-16-29)17-18-34(42)38-21-26-45-36(44)41(40-22-7-2-8-23-40)33-12-6-5-11-32(33)30-9-3-1-4-10-30/h1-6,9-16,31H,7-8,17-27H2,(H2,37,43)(H,38,42).